The highest BCUT2D eigenvalue weighted by molar-refractivity contribution is 7.76. The molecule has 1 aromatic heterocycles. The Hall–Kier alpha value is -1.84. The molecule has 1 unspecified atom stereocenters. The number of rotatable bonds is 7. The molecule has 0 bridgehead atoms. The van der Waals surface area contributed by atoms with Gasteiger partial charge in [0.2, 0.25) is 0 Å². The van der Waals surface area contributed by atoms with Gasteiger partial charge in [0.1, 0.15) is 6.54 Å². The van der Waals surface area contributed by atoms with E-state index in [-0.39, 0.29) is 18.3 Å². The van der Waals surface area contributed by atoms with E-state index >= 15 is 0 Å². The van der Waals surface area contributed by atoms with Gasteiger partial charge in [0.25, 0.3) is 0 Å². The largest absolute Gasteiger partial charge is 0.760 e. The molecule has 1 aromatic rings. The van der Waals surface area contributed by atoms with Crippen molar-refractivity contribution in [3.8, 4) is 0 Å². The van der Waals surface area contributed by atoms with Crippen molar-refractivity contribution in [2.75, 3.05) is 13.7 Å². The van der Waals surface area contributed by atoms with Gasteiger partial charge in [-0.2, -0.15) is 0 Å². The van der Waals surface area contributed by atoms with Crippen molar-refractivity contribution in [2.45, 2.75) is 26.5 Å². The van der Waals surface area contributed by atoms with Gasteiger partial charge in [-0.3, -0.25) is 9.00 Å². The van der Waals surface area contributed by atoms with E-state index in [9.17, 15) is 18.4 Å². The van der Waals surface area contributed by atoms with E-state index in [1.165, 1.54) is 6.20 Å². The smallest absolute Gasteiger partial charge is 0.357 e. The van der Waals surface area contributed by atoms with E-state index < -0.39 is 29.7 Å². The summed E-state index contributed by atoms with van der Waals surface area (Å²) in [5.74, 6) is -1.36. The molecule has 1 atom stereocenters. The molecule has 0 aliphatic heterocycles. The predicted molar refractivity (Wildman–Crippen MR) is 76.1 cm³/mol. The summed E-state index contributed by atoms with van der Waals surface area (Å²) in [6.45, 7) is 2.73. The summed E-state index contributed by atoms with van der Waals surface area (Å²) < 4.78 is 32.7. The minimum atomic E-state index is -2.66. The maximum absolute atomic E-state index is 12.0. The van der Waals surface area contributed by atoms with Gasteiger partial charge in [-0.25, -0.2) is 14.1 Å². The summed E-state index contributed by atoms with van der Waals surface area (Å²) in [6, 6.07) is 3.10. The number of esters is 2. The van der Waals surface area contributed by atoms with Crippen LogP contribution in [-0.4, -0.2) is 49.7 Å². The number of hydrogen-bond donors (Lipinski definition) is 0. The van der Waals surface area contributed by atoms with Gasteiger partial charge in [-0.1, -0.05) is 6.07 Å². The minimum absolute atomic E-state index is 0.0107. The van der Waals surface area contributed by atoms with Crippen LogP contribution >= 0.6 is 0 Å². The Morgan fingerprint density at radius 2 is 2.14 bits per heavy atom. The van der Waals surface area contributed by atoms with Crippen LogP contribution in [0, 0.1) is 0 Å². The monoisotopic (exact) mass is 329 g/mol. The molecule has 0 spiro atoms. The van der Waals surface area contributed by atoms with Crippen molar-refractivity contribution in [3.05, 3.63) is 29.6 Å². The predicted octanol–water partition coefficient (Wildman–Crippen LogP) is 0.416. The second-order valence-electron chi connectivity index (χ2n) is 4.56. The Kier molecular flexibility index (Phi) is 7.09. The van der Waals surface area contributed by atoms with Gasteiger partial charge in [0.05, 0.1) is 13.2 Å². The standard InChI is InChI=1S/C13H18N2O6S/c1-9(2)21-13(17)12-10(5-4-6-14-12)7-15(22(18)19)8-11(16)20-3/h4-6,9H,7-8H2,1-3H3,(H,18,19)/p-1. The summed E-state index contributed by atoms with van der Waals surface area (Å²) in [5, 5.41) is 0. The number of carbonyl (C=O) groups excluding carboxylic acids is 2. The fourth-order valence-electron chi connectivity index (χ4n) is 1.58. The van der Waals surface area contributed by atoms with Crippen LogP contribution in [0.1, 0.15) is 29.9 Å². The molecule has 9 heteroatoms. The Morgan fingerprint density at radius 3 is 2.68 bits per heavy atom. The van der Waals surface area contributed by atoms with Gasteiger partial charge in [0, 0.05) is 29.6 Å². The van der Waals surface area contributed by atoms with E-state index in [1.807, 2.05) is 0 Å². The highest BCUT2D eigenvalue weighted by atomic mass is 32.2. The molecule has 0 N–H and O–H groups in total. The van der Waals surface area contributed by atoms with Crippen molar-refractivity contribution >= 4 is 23.2 Å². The lowest BCUT2D eigenvalue weighted by atomic mass is 10.2. The van der Waals surface area contributed by atoms with E-state index in [1.54, 1.807) is 26.0 Å². The minimum Gasteiger partial charge on any atom is -0.760 e. The molecule has 0 aliphatic rings. The summed E-state index contributed by atoms with van der Waals surface area (Å²) in [7, 11) is 1.16. The zero-order valence-corrected chi connectivity index (χ0v) is 13.3. The van der Waals surface area contributed by atoms with Gasteiger partial charge in [-0.15, -0.1) is 0 Å². The quantitative estimate of drug-likeness (QED) is 0.526. The molecule has 0 amide bonds. The lowest BCUT2D eigenvalue weighted by Gasteiger charge is -2.23. The maximum atomic E-state index is 12.0. The number of nitrogens with zero attached hydrogens (tertiary/aromatic N) is 2. The van der Waals surface area contributed by atoms with Crippen molar-refractivity contribution in [2.24, 2.45) is 0 Å². The van der Waals surface area contributed by atoms with Crippen LogP contribution in [0.5, 0.6) is 0 Å². The molecule has 22 heavy (non-hydrogen) atoms. The van der Waals surface area contributed by atoms with Crippen LogP contribution in [0.4, 0.5) is 0 Å². The van der Waals surface area contributed by atoms with E-state index in [0.29, 0.717) is 5.56 Å². The van der Waals surface area contributed by atoms with Crippen LogP contribution in [0.25, 0.3) is 0 Å². The lowest BCUT2D eigenvalue weighted by molar-refractivity contribution is -0.140. The van der Waals surface area contributed by atoms with Crippen molar-refractivity contribution in [3.63, 3.8) is 0 Å². The molecule has 122 valence electrons. The highest BCUT2D eigenvalue weighted by Gasteiger charge is 2.19. The Bertz CT molecular complexity index is 563. The molecule has 0 aromatic carbocycles. The first-order valence-electron chi connectivity index (χ1n) is 6.41. The van der Waals surface area contributed by atoms with Gasteiger partial charge < -0.3 is 14.0 Å². The zero-order valence-electron chi connectivity index (χ0n) is 12.5. The summed E-state index contributed by atoms with van der Waals surface area (Å²) in [5.41, 5.74) is 0.345. The van der Waals surface area contributed by atoms with E-state index in [4.69, 9.17) is 4.74 Å². The van der Waals surface area contributed by atoms with Crippen LogP contribution < -0.4 is 0 Å². The third-order valence-corrected chi connectivity index (χ3v) is 3.20. The topological polar surface area (TPSA) is 109 Å². The second kappa shape index (κ2) is 8.57. The molecule has 0 aliphatic carbocycles. The van der Waals surface area contributed by atoms with Crippen LogP contribution in [0.15, 0.2) is 18.3 Å². The second-order valence-corrected chi connectivity index (χ2v) is 5.51. The SMILES string of the molecule is COC(=O)CN(Cc1cccnc1C(=O)OC(C)C)S(=O)[O-]. The fraction of sp³-hybridized carbons (Fsp3) is 0.462. The number of pyridine rings is 1. The number of carbonyl (C=O) groups is 2. The van der Waals surface area contributed by atoms with Gasteiger partial charge in [-0.05, 0) is 19.9 Å². The van der Waals surface area contributed by atoms with E-state index in [0.717, 1.165) is 11.4 Å². The zero-order chi connectivity index (χ0) is 16.7. The summed E-state index contributed by atoms with van der Waals surface area (Å²) >= 11 is -2.66. The number of aromatic nitrogens is 1. The van der Waals surface area contributed by atoms with Crippen molar-refractivity contribution in [1.82, 2.24) is 9.29 Å². The number of hydrogen-bond acceptors (Lipinski definition) is 7. The summed E-state index contributed by atoms with van der Waals surface area (Å²) in [4.78, 5) is 27.1. The molecular weight excluding hydrogens is 312 g/mol. The average molecular weight is 329 g/mol. The first-order valence-corrected chi connectivity index (χ1v) is 7.44. The number of ether oxygens (including phenoxy) is 2. The molecule has 1 rings (SSSR count). The van der Waals surface area contributed by atoms with Gasteiger partial charge >= 0.3 is 11.9 Å². The molecule has 1 heterocycles. The van der Waals surface area contributed by atoms with Crippen molar-refractivity contribution < 1.29 is 27.8 Å². The molecule has 0 saturated heterocycles. The van der Waals surface area contributed by atoms with Crippen LogP contribution in [-0.2, 0) is 32.1 Å². The maximum Gasteiger partial charge on any atom is 0.357 e. The first kappa shape index (κ1) is 18.2. The average Bonchev–Trinajstić information content (AvgIpc) is 2.45. The number of methoxy groups -OCH3 is 1. The van der Waals surface area contributed by atoms with E-state index in [2.05, 4.69) is 9.72 Å². The summed E-state index contributed by atoms with van der Waals surface area (Å²) in [6.07, 6.45) is 1.07. The Morgan fingerprint density at radius 1 is 1.45 bits per heavy atom. The van der Waals surface area contributed by atoms with Crippen LogP contribution in [0.3, 0.4) is 0 Å². The molecule has 8 nitrogen and oxygen atoms in total. The molecule has 0 fully saturated rings. The normalized spacial score (nSPS) is 12.3. The van der Waals surface area contributed by atoms with Crippen LogP contribution in [0.2, 0.25) is 0 Å². The van der Waals surface area contributed by atoms with Gasteiger partial charge in [0.15, 0.2) is 5.69 Å². The third kappa shape index (κ3) is 5.51. The lowest BCUT2D eigenvalue weighted by Crippen LogP contribution is -2.32. The fourth-order valence-corrected chi connectivity index (χ4v) is 2.04. The Labute approximate surface area is 130 Å². The Balaban J connectivity index is 2.97. The molecular formula is C13H17N2O6S-. The highest BCUT2D eigenvalue weighted by Crippen LogP contribution is 2.12. The molecule has 0 saturated carbocycles. The first-order chi connectivity index (χ1) is 10.3. The third-order valence-electron chi connectivity index (χ3n) is 2.52. The molecule has 0 radical (unpaired) electrons. The van der Waals surface area contributed by atoms with Crippen molar-refractivity contribution in [1.29, 1.82) is 0 Å².